The standard InChI is InChI=1S/C14H15N3O2/c18-13-5-1-4-12-11(13)9-16-14(17-12)15-7-6-10-3-2-8-19-10/h2-3,8-9H,1,4-7H2,(H,15,16,17). The first-order valence-electron chi connectivity index (χ1n) is 6.48. The van der Waals surface area contributed by atoms with Crippen LogP contribution in [0.5, 0.6) is 0 Å². The zero-order chi connectivity index (χ0) is 13.1. The minimum absolute atomic E-state index is 0.156. The number of carbonyl (C=O) groups excluding carboxylic acids is 1. The molecule has 2 heterocycles. The summed E-state index contributed by atoms with van der Waals surface area (Å²) in [6.07, 6.45) is 6.44. The number of carbonyl (C=O) groups is 1. The van der Waals surface area contributed by atoms with Crippen molar-refractivity contribution in [1.82, 2.24) is 9.97 Å². The minimum atomic E-state index is 0.156. The maximum Gasteiger partial charge on any atom is 0.222 e. The highest BCUT2D eigenvalue weighted by atomic mass is 16.3. The number of anilines is 1. The molecule has 19 heavy (non-hydrogen) atoms. The van der Waals surface area contributed by atoms with E-state index in [2.05, 4.69) is 15.3 Å². The predicted octanol–water partition coefficient (Wildman–Crippen LogP) is 2.24. The Morgan fingerprint density at radius 2 is 2.32 bits per heavy atom. The summed E-state index contributed by atoms with van der Waals surface area (Å²) >= 11 is 0. The van der Waals surface area contributed by atoms with Gasteiger partial charge in [-0.1, -0.05) is 0 Å². The first kappa shape index (κ1) is 11.9. The number of furan rings is 1. The second-order valence-corrected chi connectivity index (χ2v) is 4.59. The maximum absolute atomic E-state index is 11.7. The zero-order valence-electron chi connectivity index (χ0n) is 10.6. The number of hydrogen-bond acceptors (Lipinski definition) is 5. The van der Waals surface area contributed by atoms with Crippen molar-refractivity contribution < 1.29 is 9.21 Å². The number of aromatic nitrogens is 2. The normalized spacial score (nSPS) is 14.2. The number of Topliss-reactive ketones (excluding diaryl/α,β-unsaturated/α-hetero) is 1. The van der Waals surface area contributed by atoms with E-state index in [4.69, 9.17) is 4.42 Å². The number of nitrogens with zero attached hydrogens (tertiary/aromatic N) is 2. The molecule has 2 aromatic rings. The third-order valence-corrected chi connectivity index (χ3v) is 3.22. The summed E-state index contributed by atoms with van der Waals surface area (Å²) in [7, 11) is 0. The summed E-state index contributed by atoms with van der Waals surface area (Å²) in [6, 6.07) is 3.81. The average molecular weight is 257 g/mol. The van der Waals surface area contributed by atoms with Crippen molar-refractivity contribution >= 4 is 11.7 Å². The molecule has 0 spiro atoms. The topological polar surface area (TPSA) is 68.0 Å². The van der Waals surface area contributed by atoms with E-state index in [9.17, 15) is 4.79 Å². The number of hydrogen-bond donors (Lipinski definition) is 1. The van der Waals surface area contributed by atoms with Gasteiger partial charge < -0.3 is 9.73 Å². The molecule has 5 heteroatoms. The van der Waals surface area contributed by atoms with Gasteiger partial charge >= 0.3 is 0 Å². The van der Waals surface area contributed by atoms with Crippen LogP contribution in [0.25, 0.3) is 0 Å². The molecule has 0 bridgehead atoms. The molecule has 0 aliphatic heterocycles. The predicted molar refractivity (Wildman–Crippen MR) is 70.2 cm³/mol. The third kappa shape index (κ3) is 2.65. The summed E-state index contributed by atoms with van der Waals surface area (Å²) in [5, 5.41) is 3.15. The molecule has 0 atom stereocenters. The summed E-state index contributed by atoms with van der Waals surface area (Å²) in [5.41, 5.74) is 1.55. The van der Waals surface area contributed by atoms with Gasteiger partial charge in [-0.3, -0.25) is 4.79 Å². The van der Waals surface area contributed by atoms with Crippen LogP contribution in [-0.4, -0.2) is 22.3 Å². The smallest absolute Gasteiger partial charge is 0.222 e. The highest BCUT2D eigenvalue weighted by Crippen LogP contribution is 2.19. The van der Waals surface area contributed by atoms with Crippen LogP contribution in [0.1, 0.15) is 34.7 Å². The van der Waals surface area contributed by atoms with E-state index in [0.29, 0.717) is 24.5 Å². The zero-order valence-corrected chi connectivity index (χ0v) is 10.6. The number of ketones is 1. The van der Waals surface area contributed by atoms with Gasteiger partial charge in [-0.2, -0.15) is 0 Å². The Morgan fingerprint density at radius 3 is 3.16 bits per heavy atom. The Kier molecular flexibility index (Phi) is 3.27. The quantitative estimate of drug-likeness (QED) is 0.909. The largest absolute Gasteiger partial charge is 0.469 e. The van der Waals surface area contributed by atoms with Gasteiger partial charge in [0, 0.05) is 25.6 Å². The van der Waals surface area contributed by atoms with Crippen LogP contribution in [0.2, 0.25) is 0 Å². The van der Waals surface area contributed by atoms with E-state index in [1.165, 1.54) is 0 Å². The number of rotatable bonds is 4. The van der Waals surface area contributed by atoms with Crippen LogP contribution < -0.4 is 5.32 Å². The highest BCUT2D eigenvalue weighted by Gasteiger charge is 2.19. The first-order valence-corrected chi connectivity index (χ1v) is 6.48. The van der Waals surface area contributed by atoms with Crippen molar-refractivity contribution in [1.29, 1.82) is 0 Å². The molecule has 0 unspecified atom stereocenters. The summed E-state index contributed by atoms with van der Waals surface area (Å²) in [5.74, 6) is 1.67. The van der Waals surface area contributed by atoms with Gasteiger partial charge in [0.2, 0.25) is 5.95 Å². The van der Waals surface area contributed by atoms with Crippen LogP contribution >= 0.6 is 0 Å². The Balaban J connectivity index is 1.64. The molecule has 98 valence electrons. The maximum atomic E-state index is 11.7. The molecule has 1 aliphatic rings. The van der Waals surface area contributed by atoms with Gasteiger partial charge in [-0.05, 0) is 25.0 Å². The number of aryl methyl sites for hydroxylation is 1. The van der Waals surface area contributed by atoms with Gasteiger partial charge in [-0.25, -0.2) is 9.97 Å². The Labute approximate surface area is 111 Å². The molecular formula is C14H15N3O2. The molecule has 0 saturated carbocycles. The molecule has 3 rings (SSSR count). The highest BCUT2D eigenvalue weighted by molar-refractivity contribution is 5.97. The second kappa shape index (κ2) is 5.22. The summed E-state index contributed by atoms with van der Waals surface area (Å²) in [4.78, 5) is 20.2. The van der Waals surface area contributed by atoms with Gasteiger partial charge in [-0.15, -0.1) is 0 Å². The molecule has 1 aliphatic carbocycles. The van der Waals surface area contributed by atoms with E-state index in [-0.39, 0.29) is 5.78 Å². The number of fused-ring (bicyclic) bond motifs is 1. The van der Waals surface area contributed by atoms with Gasteiger partial charge in [0.15, 0.2) is 5.78 Å². The van der Waals surface area contributed by atoms with E-state index < -0.39 is 0 Å². The van der Waals surface area contributed by atoms with Crippen molar-refractivity contribution in [3.8, 4) is 0 Å². The van der Waals surface area contributed by atoms with Crippen molar-refractivity contribution in [2.75, 3.05) is 11.9 Å². The van der Waals surface area contributed by atoms with E-state index in [0.717, 1.165) is 30.7 Å². The molecule has 0 aromatic carbocycles. The van der Waals surface area contributed by atoms with Gasteiger partial charge in [0.05, 0.1) is 17.5 Å². The van der Waals surface area contributed by atoms with Crippen molar-refractivity contribution in [3.05, 3.63) is 41.6 Å². The summed E-state index contributed by atoms with van der Waals surface area (Å²) in [6.45, 7) is 0.709. The van der Waals surface area contributed by atoms with Crippen LogP contribution in [0.4, 0.5) is 5.95 Å². The lowest BCUT2D eigenvalue weighted by Crippen LogP contribution is -2.16. The number of nitrogens with one attached hydrogen (secondary N) is 1. The first-order chi connectivity index (χ1) is 9.33. The Hall–Kier alpha value is -2.17. The molecule has 1 N–H and O–H groups in total. The molecule has 0 saturated heterocycles. The second-order valence-electron chi connectivity index (χ2n) is 4.59. The molecule has 5 nitrogen and oxygen atoms in total. The molecule has 0 radical (unpaired) electrons. The molecular weight excluding hydrogens is 242 g/mol. The third-order valence-electron chi connectivity index (χ3n) is 3.22. The molecule has 2 aromatic heterocycles. The average Bonchev–Trinajstić information content (AvgIpc) is 2.92. The Bertz CT molecular complexity index is 578. The lowest BCUT2D eigenvalue weighted by Gasteiger charge is -2.14. The van der Waals surface area contributed by atoms with Gasteiger partial charge in [0.1, 0.15) is 5.76 Å². The van der Waals surface area contributed by atoms with Gasteiger partial charge in [0.25, 0.3) is 0 Å². The van der Waals surface area contributed by atoms with Crippen LogP contribution in [-0.2, 0) is 12.8 Å². The fourth-order valence-electron chi connectivity index (χ4n) is 2.23. The van der Waals surface area contributed by atoms with Crippen molar-refractivity contribution in [2.24, 2.45) is 0 Å². The van der Waals surface area contributed by atoms with Crippen LogP contribution in [0, 0.1) is 0 Å². The van der Waals surface area contributed by atoms with Crippen LogP contribution in [0.3, 0.4) is 0 Å². The lowest BCUT2D eigenvalue weighted by molar-refractivity contribution is 0.0971. The minimum Gasteiger partial charge on any atom is -0.469 e. The SMILES string of the molecule is O=C1CCCc2nc(NCCc3ccco3)ncc21. The Morgan fingerprint density at radius 1 is 1.37 bits per heavy atom. The van der Waals surface area contributed by atoms with Crippen LogP contribution in [0.15, 0.2) is 29.0 Å². The molecule has 0 amide bonds. The fourth-order valence-corrected chi connectivity index (χ4v) is 2.23. The molecule has 0 fully saturated rings. The lowest BCUT2D eigenvalue weighted by atomic mass is 9.96. The van der Waals surface area contributed by atoms with E-state index >= 15 is 0 Å². The van der Waals surface area contributed by atoms with E-state index in [1.807, 2.05) is 12.1 Å². The van der Waals surface area contributed by atoms with Crippen molar-refractivity contribution in [3.63, 3.8) is 0 Å². The fraction of sp³-hybridized carbons (Fsp3) is 0.357. The monoisotopic (exact) mass is 257 g/mol. The van der Waals surface area contributed by atoms with E-state index in [1.54, 1.807) is 12.5 Å². The summed E-state index contributed by atoms with van der Waals surface area (Å²) < 4.78 is 5.25. The van der Waals surface area contributed by atoms with Crippen molar-refractivity contribution in [2.45, 2.75) is 25.7 Å².